The Balaban J connectivity index is 1.63. The van der Waals surface area contributed by atoms with Gasteiger partial charge in [0.1, 0.15) is 6.61 Å². The number of imidazole rings is 1. The number of hydrogen-bond donors (Lipinski definition) is 2. The predicted octanol–water partition coefficient (Wildman–Crippen LogP) is 2.62. The molecule has 3 rings (SSSR count). The van der Waals surface area contributed by atoms with Gasteiger partial charge in [0.2, 0.25) is 0 Å². The maximum absolute atomic E-state index is 12.6. The predicted molar refractivity (Wildman–Crippen MR) is 88.7 cm³/mol. The summed E-state index contributed by atoms with van der Waals surface area (Å²) < 4.78 is 54.7. The highest BCUT2D eigenvalue weighted by Crippen LogP contribution is 2.25. The largest absolute Gasteiger partial charge is 0.411 e. The molecule has 1 aliphatic heterocycles. The molecule has 1 fully saturated rings. The number of rotatable bonds is 5. The topological polar surface area (TPSA) is 67.0 Å². The Labute approximate surface area is 145 Å². The minimum absolute atomic E-state index is 0.176. The zero-order valence-electron chi connectivity index (χ0n) is 13.7. The summed E-state index contributed by atoms with van der Waals surface area (Å²) >= 11 is 0. The number of H-pyrrole nitrogens is 1. The summed E-state index contributed by atoms with van der Waals surface area (Å²) in [5.41, 5.74) is 1.55. The lowest BCUT2D eigenvalue weighted by molar-refractivity contribution is -0.193. The molecule has 0 amide bonds. The molecule has 1 aromatic carbocycles. The number of piperidine rings is 1. The number of halogens is 3. The Hall–Kier alpha value is -1.45. The number of nitrogens with one attached hydrogen (secondary N) is 2. The van der Waals surface area contributed by atoms with Gasteiger partial charge in [0.05, 0.1) is 27.9 Å². The summed E-state index contributed by atoms with van der Waals surface area (Å²) in [6.07, 6.45) is -4.33. The van der Waals surface area contributed by atoms with Crippen molar-refractivity contribution in [1.82, 2.24) is 15.3 Å². The Bertz CT molecular complexity index is 717. The van der Waals surface area contributed by atoms with Gasteiger partial charge < -0.3 is 15.0 Å². The molecule has 4 unspecified atom stereocenters. The van der Waals surface area contributed by atoms with Gasteiger partial charge in [0.25, 0.3) is 0 Å². The van der Waals surface area contributed by atoms with Crippen LogP contribution in [0.3, 0.4) is 0 Å². The molecule has 5 nitrogen and oxygen atoms in total. The Kier molecular flexibility index (Phi) is 5.45. The fraction of sp³-hybridized carbons (Fsp3) is 0.562. The van der Waals surface area contributed by atoms with Crippen molar-refractivity contribution in [3.8, 4) is 0 Å². The van der Waals surface area contributed by atoms with Crippen LogP contribution in [0, 0.1) is 5.92 Å². The molecule has 138 valence electrons. The average molecular weight is 375 g/mol. The summed E-state index contributed by atoms with van der Waals surface area (Å²) in [7, 11) is -1.38. The van der Waals surface area contributed by atoms with Crippen molar-refractivity contribution in [2.45, 2.75) is 36.8 Å². The summed E-state index contributed by atoms with van der Waals surface area (Å²) in [4.78, 5) is 7.36. The van der Waals surface area contributed by atoms with Crippen molar-refractivity contribution in [2.75, 3.05) is 18.9 Å². The van der Waals surface area contributed by atoms with Gasteiger partial charge in [0.15, 0.2) is 5.16 Å². The van der Waals surface area contributed by atoms with E-state index in [0.29, 0.717) is 18.1 Å². The van der Waals surface area contributed by atoms with Gasteiger partial charge >= 0.3 is 6.18 Å². The van der Waals surface area contributed by atoms with Gasteiger partial charge in [-0.05, 0) is 31.0 Å². The van der Waals surface area contributed by atoms with Gasteiger partial charge in [0, 0.05) is 11.8 Å². The fourth-order valence-corrected chi connectivity index (χ4v) is 4.37. The van der Waals surface area contributed by atoms with E-state index in [9.17, 15) is 17.4 Å². The van der Waals surface area contributed by atoms with Crippen LogP contribution in [-0.4, -0.2) is 51.4 Å². The molecule has 1 saturated heterocycles. The summed E-state index contributed by atoms with van der Waals surface area (Å²) in [6.45, 7) is 1.12. The highest BCUT2D eigenvalue weighted by atomic mass is 32.2. The van der Waals surface area contributed by atoms with Gasteiger partial charge in [-0.25, -0.2) is 4.98 Å². The third-order valence-electron chi connectivity index (χ3n) is 4.43. The van der Waals surface area contributed by atoms with Gasteiger partial charge in [-0.3, -0.25) is 4.21 Å². The normalized spacial score (nSPS) is 26.0. The molecule has 25 heavy (non-hydrogen) atoms. The second-order valence-corrected chi connectivity index (χ2v) is 7.66. The minimum atomic E-state index is -4.34. The molecule has 0 radical (unpaired) electrons. The lowest BCUT2D eigenvalue weighted by Crippen LogP contribution is -2.51. The minimum Gasteiger partial charge on any atom is -0.368 e. The number of alkyl halides is 3. The van der Waals surface area contributed by atoms with Crippen molar-refractivity contribution < 1.29 is 22.1 Å². The first kappa shape index (κ1) is 18.3. The zero-order chi connectivity index (χ0) is 18.0. The van der Waals surface area contributed by atoms with Crippen molar-refractivity contribution in [2.24, 2.45) is 5.92 Å². The maximum Gasteiger partial charge on any atom is 0.411 e. The number of fused-ring (bicyclic) bond motifs is 1. The average Bonchev–Trinajstić information content (AvgIpc) is 2.99. The van der Waals surface area contributed by atoms with Crippen LogP contribution in [0.15, 0.2) is 29.4 Å². The highest BCUT2D eigenvalue weighted by Gasteiger charge is 2.35. The zero-order valence-corrected chi connectivity index (χ0v) is 14.5. The molecular weight excluding hydrogens is 355 g/mol. The van der Waals surface area contributed by atoms with E-state index in [1.165, 1.54) is 0 Å². The monoisotopic (exact) mass is 375 g/mol. The van der Waals surface area contributed by atoms with Crippen LogP contribution in [0.4, 0.5) is 13.2 Å². The molecule has 2 N–H and O–H groups in total. The van der Waals surface area contributed by atoms with E-state index in [1.54, 1.807) is 0 Å². The number of nitrogens with zero attached hydrogens (tertiary/aromatic N) is 1. The molecule has 1 aliphatic rings. The number of benzene rings is 1. The molecule has 0 bridgehead atoms. The Morgan fingerprint density at radius 2 is 2.12 bits per heavy atom. The third kappa shape index (κ3) is 4.59. The first-order chi connectivity index (χ1) is 11.8. The van der Waals surface area contributed by atoms with Gasteiger partial charge in [-0.2, -0.15) is 13.2 Å². The van der Waals surface area contributed by atoms with E-state index in [2.05, 4.69) is 15.3 Å². The first-order valence-corrected chi connectivity index (χ1v) is 9.40. The highest BCUT2D eigenvalue weighted by molar-refractivity contribution is 7.84. The Morgan fingerprint density at radius 1 is 1.36 bits per heavy atom. The number of aromatic nitrogens is 2. The number of ether oxygens (including phenoxy) is 1. The quantitative estimate of drug-likeness (QED) is 0.843. The molecule has 1 aromatic heterocycles. The standard InChI is InChI=1S/C16H20F3N3O2S/c1-10-13(20-7-6-14(10)24-9-16(17,18)19)8-25(23)15-21-11-4-2-3-5-12(11)22-15/h2-5,10,13-14,20H,6-9H2,1H3,(H,21,22). The van der Waals surface area contributed by atoms with E-state index in [0.717, 1.165) is 11.0 Å². The molecular formula is C16H20F3N3O2S. The smallest absolute Gasteiger partial charge is 0.368 e. The molecule has 2 aromatic rings. The second kappa shape index (κ2) is 7.43. The van der Waals surface area contributed by atoms with Crippen molar-refractivity contribution in [1.29, 1.82) is 0 Å². The van der Waals surface area contributed by atoms with Crippen LogP contribution in [0.2, 0.25) is 0 Å². The summed E-state index contributed by atoms with van der Waals surface area (Å²) in [5, 5.41) is 3.62. The number of para-hydroxylation sites is 2. The third-order valence-corrected chi connectivity index (χ3v) is 5.72. The van der Waals surface area contributed by atoms with Crippen LogP contribution < -0.4 is 5.32 Å². The van der Waals surface area contributed by atoms with Crippen molar-refractivity contribution in [3.63, 3.8) is 0 Å². The first-order valence-electron chi connectivity index (χ1n) is 8.08. The maximum atomic E-state index is 12.6. The molecule has 4 atom stereocenters. The van der Waals surface area contributed by atoms with Gasteiger partial charge in [-0.15, -0.1) is 0 Å². The van der Waals surface area contributed by atoms with E-state index in [4.69, 9.17) is 4.74 Å². The van der Waals surface area contributed by atoms with Crippen LogP contribution >= 0.6 is 0 Å². The summed E-state index contributed by atoms with van der Waals surface area (Å²) in [5.74, 6) is 0.0942. The lowest BCUT2D eigenvalue weighted by atomic mass is 9.91. The van der Waals surface area contributed by atoms with E-state index >= 15 is 0 Å². The lowest BCUT2D eigenvalue weighted by Gasteiger charge is -2.36. The molecule has 0 aliphatic carbocycles. The fourth-order valence-electron chi connectivity index (χ4n) is 3.05. The number of aromatic amines is 1. The molecule has 9 heteroatoms. The van der Waals surface area contributed by atoms with Crippen LogP contribution in [-0.2, 0) is 15.5 Å². The van der Waals surface area contributed by atoms with Crippen LogP contribution in [0.5, 0.6) is 0 Å². The number of hydrogen-bond acceptors (Lipinski definition) is 4. The molecule has 0 spiro atoms. The van der Waals surface area contributed by atoms with E-state index in [-0.39, 0.29) is 17.7 Å². The van der Waals surface area contributed by atoms with Crippen molar-refractivity contribution >= 4 is 21.8 Å². The van der Waals surface area contributed by atoms with Crippen molar-refractivity contribution in [3.05, 3.63) is 24.3 Å². The molecule has 2 heterocycles. The van der Waals surface area contributed by atoms with Gasteiger partial charge in [-0.1, -0.05) is 19.1 Å². The second-order valence-electron chi connectivity index (χ2n) is 6.24. The SMILES string of the molecule is CC1C(CS(=O)c2nc3ccccc3[nH]2)NCCC1OCC(F)(F)F. The van der Waals surface area contributed by atoms with Crippen LogP contribution in [0.25, 0.3) is 11.0 Å². The molecule has 0 saturated carbocycles. The summed E-state index contributed by atoms with van der Waals surface area (Å²) in [6, 6.07) is 7.20. The van der Waals surface area contributed by atoms with E-state index in [1.807, 2.05) is 31.2 Å². The van der Waals surface area contributed by atoms with E-state index < -0.39 is 29.7 Å². The van der Waals surface area contributed by atoms with Crippen LogP contribution in [0.1, 0.15) is 13.3 Å². The Morgan fingerprint density at radius 3 is 2.84 bits per heavy atom.